The first-order valence-corrected chi connectivity index (χ1v) is 9.44. The lowest BCUT2D eigenvalue weighted by atomic mass is 10.1. The number of thiazole rings is 1. The molecule has 1 amide bonds. The zero-order valence-corrected chi connectivity index (χ0v) is 15.2. The average molecular weight is 366 g/mol. The van der Waals surface area contributed by atoms with Crippen molar-refractivity contribution in [3.05, 3.63) is 35.8 Å². The first-order valence-electron chi connectivity index (χ1n) is 7.58. The van der Waals surface area contributed by atoms with E-state index in [2.05, 4.69) is 4.98 Å². The molecule has 1 unspecified atom stereocenters. The van der Waals surface area contributed by atoms with Gasteiger partial charge in [-0.1, -0.05) is 23.5 Å². The predicted octanol–water partition coefficient (Wildman–Crippen LogP) is 2.49. The van der Waals surface area contributed by atoms with E-state index in [-0.39, 0.29) is 17.1 Å². The van der Waals surface area contributed by atoms with Gasteiger partial charge in [-0.3, -0.25) is 4.79 Å². The highest BCUT2D eigenvalue weighted by molar-refractivity contribution is 8.00. The summed E-state index contributed by atoms with van der Waals surface area (Å²) in [5.41, 5.74) is 6.81. The number of thioether (sulfide) groups is 1. The highest BCUT2D eigenvalue weighted by atomic mass is 32.2. The summed E-state index contributed by atoms with van der Waals surface area (Å²) in [6.07, 6.45) is 0. The molecule has 3 rings (SSSR count). The maximum atomic E-state index is 13.6. The second kappa shape index (κ2) is 7.08. The van der Waals surface area contributed by atoms with Crippen LogP contribution in [0.3, 0.4) is 0 Å². The third kappa shape index (κ3) is 3.26. The van der Waals surface area contributed by atoms with Crippen LogP contribution in [0.15, 0.2) is 24.3 Å². The summed E-state index contributed by atoms with van der Waals surface area (Å²) < 4.78 is 13.6. The second-order valence-electron chi connectivity index (χ2n) is 5.64. The van der Waals surface area contributed by atoms with Gasteiger partial charge in [-0.15, -0.1) is 11.8 Å². The summed E-state index contributed by atoms with van der Waals surface area (Å²) in [6, 6.07) is 6.26. The van der Waals surface area contributed by atoms with Crippen LogP contribution in [0.1, 0.15) is 10.5 Å². The molecule has 128 valence electrons. The molecule has 0 aliphatic carbocycles. The molecule has 1 aliphatic rings. The monoisotopic (exact) mass is 366 g/mol. The van der Waals surface area contributed by atoms with Crippen LogP contribution >= 0.6 is 23.1 Å². The Kier molecular flexibility index (Phi) is 5.07. The number of nitrogens with zero attached hydrogens (tertiary/aromatic N) is 3. The molecule has 1 aromatic carbocycles. The Hall–Kier alpha value is -1.64. The molecule has 0 radical (unpaired) electrons. The van der Waals surface area contributed by atoms with Crippen LogP contribution < -0.4 is 10.6 Å². The summed E-state index contributed by atoms with van der Waals surface area (Å²) in [4.78, 5) is 21.8. The van der Waals surface area contributed by atoms with Gasteiger partial charge in [0.05, 0.1) is 10.3 Å². The Balaban J connectivity index is 2.04. The number of nitrogens with two attached hydrogens (primary N) is 1. The SMILES string of the molecule is CN(C)c1nc(C(=O)N2CCSC2CN)c(-c2cccc(F)c2)s1. The van der Waals surface area contributed by atoms with E-state index in [4.69, 9.17) is 5.73 Å². The Bertz CT molecular complexity index is 749. The molecule has 8 heteroatoms. The van der Waals surface area contributed by atoms with Crippen molar-refractivity contribution in [1.29, 1.82) is 0 Å². The van der Waals surface area contributed by atoms with E-state index in [9.17, 15) is 9.18 Å². The van der Waals surface area contributed by atoms with E-state index >= 15 is 0 Å². The summed E-state index contributed by atoms with van der Waals surface area (Å²) >= 11 is 3.06. The Labute approximate surface area is 148 Å². The number of aromatic nitrogens is 1. The standard InChI is InChI=1S/C16H19FN4OS2/c1-20(2)16-19-13(15(22)21-6-7-23-12(21)9-18)14(24-16)10-4-3-5-11(17)8-10/h3-5,8,12H,6-7,9,18H2,1-2H3. The summed E-state index contributed by atoms with van der Waals surface area (Å²) in [5.74, 6) is 0.398. The molecule has 0 saturated carbocycles. The Morgan fingerprint density at radius 1 is 1.50 bits per heavy atom. The van der Waals surface area contributed by atoms with Crippen molar-refractivity contribution in [2.45, 2.75) is 5.37 Å². The number of carbonyl (C=O) groups excluding carboxylic acids is 1. The predicted molar refractivity (Wildman–Crippen MR) is 98.2 cm³/mol. The molecule has 5 nitrogen and oxygen atoms in total. The number of amides is 1. The van der Waals surface area contributed by atoms with Crippen LogP contribution in [-0.4, -0.2) is 54.1 Å². The molecule has 0 spiro atoms. The Morgan fingerprint density at radius 2 is 2.29 bits per heavy atom. The van der Waals surface area contributed by atoms with Crippen molar-refractivity contribution in [1.82, 2.24) is 9.88 Å². The van der Waals surface area contributed by atoms with Crippen LogP contribution in [0.4, 0.5) is 9.52 Å². The molecular weight excluding hydrogens is 347 g/mol. The van der Waals surface area contributed by atoms with Crippen molar-refractivity contribution in [3.8, 4) is 10.4 Å². The average Bonchev–Trinajstić information content (AvgIpc) is 3.21. The fourth-order valence-corrected chi connectivity index (χ4v) is 4.62. The van der Waals surface area contributed by atoms with Crippen molar-refractivity contribution in [2.75, 3.05) is 37.8 Å². The van der Waals surface area contributed by atoms with Crippen LogP contribution in [0.2, 0.25) is 0 Å². The number of rotatable bonds is 4. The summed E-state index contributed by atoms with van der Waals surface area (Å²) in [6.45, 7) is 1.07. The molecule has 24 heavy (non-hydrogen) atoms. The third-order valence-electron chi connectivity index (χ3n) is 3.74. The van der Waals surface area contributed by atoms with E-state index in [1.165, 1.54) is 23.5 Å². The van der Waals surface area contributed by atoms with Gasteiger partial charge in [-0.25, -0.2) is 9.37 Å². The van der Waals surface area contributed by atoms with Crippen molar-refractivity contribution in [2.24, 2.45) is 5.73 Å². The quantitative estimate of drug-likeness (QED) is 0.901. The van der Waals surface area contributed by atoms with Gasteiger partial charge >= 0.3 is 0 Å². The number of anilines is 1. The molecule has 1 saturated heterocycles. The van der Waals surface area contributed by atoms with E-state index in [1.807, 2.05) is 19.0 Å². The smallest absolute Gasteiger partial charge is 0.275 e. The lowest BCUT2D eigenvalue weighted by Gasteiger charge is -2.22. The van der Waals surface area contributed by atoms with Crippen molar-refractivity contribution in [3.63, 3.8) is 0 Å². The fourth-order valence-electron chi connectivity index (χ4n) is 2.56. The maximum Gasteiger partial charge on any atom is 0.275 e. The lowest BCUT2D eigenvalue weighted by molar-refractivity contribution is 0.0760. The number of hydrogen-bond acceptors (Lipinski definition) is 6. The fraction of sp³-hybridized carbons (Fsp3) is 0.375. The van der Waals surface area contributed by atoms with E-state index in [0.717, 1.165) is 5.75 Å². The zero-order chi connectivity index (χ0) is 17.3. The first kappa shape index (κ1) is 17.2. The minimum atomic E-state index is -0.331. The van der Waals surface area contributed by atoms with Crippen molar-refractivity contribution >= 4 is 34.1 Å². The largest absolute Gasteiger partial charge is 0.354 e. The molecule has 2 aromatic rings. The van der Waals surface area contributed by atoms with E-state index in [0.29, 0.717) is 34.4 Å². The molecule has 2 heterocycles. The second-order valence-corrected chi connectivity index (χ2v) is 7.90. The molecule has 1 aromatic heterocycles. The van der Waals surface area contributed by atoms with E-state index in [1.54, 1.807) is 28.8 Å². The minimum Gasteiger partial charge on any atom is -0.354 e. The maximum absolute atomic E-state index is 13.6. The normalized spacial score (nSPS) is 17.3. The van der Waals surface area contributed by atoms with Gasteiger partial charge in [-0.2, -0.15) is 0 Å². The Morgan fingerprint density at radius 3 is 2.96 bits per heavy atom. The molecule has 1 aliphatic heterocycles. The third-order valence-corrected chi connectivity index (χ3v) is 6.26. The number of halogens is 1. The number of hydrogen-bond donors (Lipinski definition) is 1. The van der Waals surface area contributed by atoms with E-state index < -0.39 is 0 Å². The molecular formula is C16H19FN4OS2. The summed E-state index contributed by atoms with van der Waals surface area (Å²) in [5, 5.41) is 0.691. The lowest BCUT2D eigenvalue weighted by Crippen LogP contribution is -2.39. The summed E-state index contributed by atoms with van der Waals surface area (Å²) in [7, 11) is 3.74. The van der Waals surface area contributed by atoms with Crippen molar-refractivity contribution < 1.29 is 9.18 Å². The van der Waals surface area contributed by atoms with Crippen LogP contribution in [0.5, 0.6) is 0 Å². The number of carbonyl (C=O) groups is 1. The van der Waals surface area contributed by atoms with Crippen LogP contribution in [0, 0.1) is 5.82 Å². The van der Waals surface area contributed by atoms with Crippen LogP contribution in [-0.2, 0) is 0 Å². The zero-order valence-electron chi connectivity index (χ0n) is 13.5. The first-order chi connectivity index (χ1) is 11.5. The van der Waals surface area contributed by atoms with Gasteiger partial charge in [0, 0.05) is 32.9 Å². The van der Waals surface area contributed by atoms with Crippen LogP contribution in [0.25, 0.3) is 10.4 Å². The van der Waals surface area contributed by atoms with Gasteiger partial charge < -0.3 is 15.5 Å². The van der Waals surface area contributed by atoms with Gasteiger partial charge in [-0.05, 0) is 17.7 Å². The van der Waals surface area contributed by atoms with Gasteiger partial charge in [0.1, 0.15) is 11.5 Å². The molecule has 1 fully saturated rings. The highest BCUT2D eigenvalue weighted by Crippen LogP contribution is 2.36. The number of benzene rings is 1. The van der Waals surface area contributed by atoms with Gasteiger partial charge in [0.15, 0.2) is 5.13 Å². The minimum absolute atomic E-state index is 0.0256. The van der Waals surface area contributed by atoms with Gasteiger partial charge in [0.2, 0.25) is 0 Å². The van der Waals surface area contributed by atoms with Gasteiger partial charge in [0.25, 0.3) is 5.91 Å². The molecule has 1 atom stereocenters. The molecule has 0 bridgehead atoms. The molecule has 2 N–H and O–H groups in total. The highest BCUT2D eigenvalue weighted by Gasteiger charge is 2.32. The topological polar surface area (TPSA) is 62.5 Å².